The number of nitrogens with one attached hydrogen (secondary N) is 1. The fraction of sp³-hybridized carbons (Fsp3) is 0.381. The summed E-state index contributed by atoms with van der Waals surface area (Å²) in [5, 5.41) is 3.12. The first-order valence-corrected chi connectivity index (χ1v) is 8.51. The SMILES string of the molecule is CCc1ccccc1C(=O)Nc1ccccc1C(C)CC(C)C. The number of amides is 1. The molecule has 0 radical (unpaired) electrons. The first-order valence-electron chi connectivity index (χ1n) is 8.51. The van der Waals surface area contributed by atoms with Crippen molar-refractivity contribution < 1.29 is 4.79 Å². The van der Waals surface area contributed by atoms with Crippen LogP contribution in [0.1, 0.15) is 61.5 Å². The van der Waals surface area contributed by atoms with Gasteiger partial charge >= 0.3 is 0 Å². The molecule has 2 aromatic rings. The zero-order valence-electron chi connectivity index (χ0n) is 14.6. The Morgan fingerprint density at radius 1 is 1.00 bits per heavy atom. The summed E-state index contributed by atoms with van der Waals surface area (Å²) in [5.74, 6) is 1.04. The van der Waals surface area contributed by atoms with Crippen molar-refractivity contribution in [3.8, 4) is 0 Å². The van der Waals surface area contributed by atoms with Gasteiger partial charge in [-0.05, 0) is 47.9 Å². The summed E-state index contributed by atoms with van der Waals surface area (Å²) < 4.78 is 0. The van der Waals surface area contributed by atoms with Crippen LogP contribution in [0.4, 0.5) is 5.69 Å². The van der Waals surface area contributed by atoms with E-state index in [1.165, 1.54) is 5.56 Å². The number of hydrogen-bond donors (Lipinski definition) is 1. The minimum absolute atomic E-state index is 0.0216. The number of carbonyl (C=O) groups excluding carboxylic acids is 1. The molecule has 2 rings (SSSR count). The molecule has 1 N–H and O–H groups in total. The third-order valence-corrected chi connectivity index (χ3v) is 4.21. The van der Waals surface area contributed by atoms with Crippen LogP contribution in [0.2, 0.25) is 0 Å². The number of rotatable bonds is 6. The zero-order chi connectivity index (χ0) is 16.8. The monoisotopic (exact) mass is 309 g/mol. The maximum atomic E-state index is 12.7. The van der Waals surface area contributed by atoms with Crippen molar-refractivity contribution in [3.05, 3.63) is 65.2 Å². The van der Waals surface area contributed by atoms with Gasteiger partial charge in [0.05, 0.1) is 0 Å². The lowest BCUT2D eigenvalue weighted by Crippen LogP contribution is -2.16. The number of aryl methyl sites for hydroxylation is 1. The van der Waals surface area contributed by atoms with Crippen LogP contribution in [-0.4, -0.2) is 5.91 Å². The molecule has 0 heterocycles. The topological polar surface area (TPSA) is 29.1 Å². The smallest absolute Gasteiger partial charge is 0.255 e. The molecule has 0 fully saturated rings. The molecule has 2 heteroatoms. The molecule has 0 bridgehead atoms. The van der Waals surface area contributed by atoms with Crippen LogP contribution in [0.15, 0.2) is 48.5 Å². The molecular formula is C21H27NO. The molecule has 122 valence electrons. The molecule has 1 atom stereocenters. The minimum Gasteiger partial charge on any atom is -0.322 e. The van der Waals surface area contributed by atoms with E-state index in [-0.39, 0.29) is 5.91 Å². The van der Waals surface area contributed by atoms with E-state index in [4.69, 9.17) is 0 Å². The summed E-state index contributed by atoms with van der Waals surface area (Å²) in [6.07, 6.45) is 1.97. The van der Waals surface area contributed by atoms with E-state index in [1.54, 1.807) is 0 Å². The van der Waals surface area contributed by atoms with E-state index in [0.29, 0.717) is 11.8 Å². The molecule has 23 heavy (non-hydrogen) atoms. The molecule has 2 aromatic carbocycles. The maximum Gasteiger partial charge on any atom is 0.255 e. The predicted molar refractivity (Wildman–Crippen MR) is 98.1 cm³/mol. The van der Waals surface area contributed by atoms with Gasteiger partial charge in [-0.2, -0.15) is 0 Å². The van der Waals surface area contributed by atoms with Crippen molar-refractivity contribution in [3.63, 3.8) is 0 Å². The Labute approximate surface area is 139 Å². The summed E-state index contributed by atoms with van der Waals surface area (Å²) in [4.78, 5) is 12.7. The van der Waals surface area contributed by atoms with Gasteiger partial charge < -0.3 is 5.32 Å². The molecule has 0 aliphatic carbocycles. The van der Waals surface area contributed by atoms with Gasteiger partial charge in [0.15, 0.2) is 0 Å². The Bertz CT molecular complexity index is 660. The largest absolute Gasteiger partial charge is 0.322 e. The third kappa shape index (κ3) is 4.44. The van der Waals surface area contributed by atoms with Crippen molar-refractivity contribution in [2.45, 2.75) is 46.5 Å². The minimum atomic E-state index is -0.0216. The normalized spacial score (nSPS) is 12.2. The fourth-order valence-electron chi connectivity index (χ4n) is 3.11. The zero-order valence-corrected chi connectivity index (χ0v) is 14.6. The first-order chi connectivity index (χ1) is 11.0. The lowest BCUT2D eigenvalue weighted by atomic mass is 9.91. The fourth-order valence-corrected chi connectivity index (χ4v) is 3.11. The lowest BCUT2D eigenvalue weighted by molar-refractivity contribution is 0.102. The Balaban J connectivity index is 2.25. The van der Waals surface area contributed by atoms with Crippen LogP contribution in [0.3, 0.4) is 0 Å². The molecule has 0 aliphatic heterocycles. The number of para-hydroxylation sites is 1. The number of anilines is 1. The van der Waals surface area contributed by atoms with Gasteiger partial charge in [0.1, 0.15) is 0 Å². The highest BCUT2D eigenvalue weighted by Gasteiger charge is 2.15. The molecule has 0 aromatic heterocycles. The van der Waals surface area contributed by atoms with Crippen molar-refractivity contribution in [1.29, 1.82) is 0 Å². The van der Waals surface area contributed by atoms with Gasteiger partial charge in [-0.25, -0.2) is 0 Å². The van der Waals surface area contributed by atoms with Gasteiger partial charge in [0.2, 0.25) is 0 Å². The Kier molecular flexibility index (Phi) is 5.97. The highest BCUT2D eigenvalue weighted by molar-refractivity contribution is 6.05. The van der Waals surface area contributed by atoms with E-state index >= 15 is 0 Å². The van der Waals surface area contributed by atoms with E-state index in [0.717, 1.165) is 29.7 Å². The second-order valence-corrected chi connectivity index (χ2v) is 6.58. The van der Waals surface area contributed by atoms with E-state index < -0.39 is 0 Å². The lowest BCUT2D eigenvalue weighted by Gasteiger charge is -2.19. The van der Waals surface area contributed by atoms with E-state index in [1.807, 2.05) is 42.5 Å². The molecule has 1 amide bonds. The highest BCUT2D eigenvalue weighted by atomic mass is 16.1. The van der Waals surface area contributed by atoms with Crippen LogP contribution >= 0.6 is 0 Å². The van der Waals surface area contributed by atoms with Crippen molar-refractivity contribution in [1.82, 2.24) is 0 Å². The van der Waals surface area contributed by atoms with Crippen molar-refractivity contribution in [2.24, 2.45) is 5.92 Å². The third-order valence-electron chi connectivity index (χ3n) is 4.21. The van der Waals surface area contributed by atoms with Crippen LogP contribution in [0, 0.1) is 5.92 Å². The summed E-state index contributed by atoms with van der Waals surface area (Å²) in [5.41, 5.74) is 3.99. The molecule has 0 aliphatic rings. The van der Waals surface area contributed by atoms with Gasteiger partial charge in [0.25, 0.3) is 5.91 Å². The Hall–Kier alpha value is -2.09. The van der Waals surface area contributed by atoms with Gasteiger partial charge in [-0.3, -0.25) is 4.79 Å². The van der Waals surface area contributed by atoms with Gasteiger partial charge in [0, 0.05) is 11.3 Å². The molecule has 1 unspecified atom stereocenters. The van der Waals surface area contributed by atoms with Crippen LogP contribution in [-0.2, 0) is 6.42 Å². The number of carbonyl (C=O) groups is 1. The van der Waals surface area contributed by atoms with Gasteiger partial charge in [-0.15, -0.1) is 0 Å². The average Bonchev–Trinajstić information content (AvgIpc) is 2.54. The molecule has 0 spiro atoms. The summed E-state index contributed by atoms with van der Waals surface area (Å²) in [6, 6.07) is 16.0. The molecule has 0 saturated carbocycles. The average molecular weight is 309 g/mol. The van der Waals surface area contributed by atoms with E-state index in [2.05, 4.69) is 39.1 Å². The Morgan fingerprint density at radius 2 is 1.65 bits per heavy atom. The molecular weight excluding hydrogens is 282 g/mol. The van der Waals surface area contributed by atoms with Crippen LogP contribution in [0.25, 0.3) is 0 Å². The maximum absolute atomic E-state index is 12.7. The van der Waals surface area contributed by atoms with Crippen molar-refractivity contribution >= 4 is 11.6 Å². The second-order valence-electron chi connectivity index (χ2n) is 6.58. The van der Waals surface area contributed by atoms with Crippen LogP contribution < -0.4 is 5.32 Å². The predicted octanol–water partition coefficient (Wildman–Crippen LogP) is 5.65. The standard InChI is InChI=1S/C21H27NO/c1-5-17-10-6-7-12-19(17)21(23)22-20-13-9-8-11-18(20)16(4)14-15(2)3/h6-13,15-16H,5,14H2,1-4H3,(H,22,23). The number of benzene rings is 2. The summed E-state index contributed by atoms with van der Waals surface area (Å²) in [6.45, 7) is 8.76. The highest BCUT2D eigenvalue weighted by Crippen LogP contribution is 2.29. The van der Waals surface area contributed by atoms with Gasteiger partial charge in [-0.1, -0.05) is 64.1 Å². The second kappa shape index (κ2) is 7.96. The molecule has 0 saturated heterocycles. The quantitative estimate of drug-likeness (QED) is 0.734. The molecule has 2 nitrogen and oxygen atoms in total. The van der Waals surface area contributed by atoms with Crippen molar-refractivity contribution in [2.75, 3.05) is 5.32 Å². The van der Waals surface area contributed by atoms with Crippen LogP contribution in [0.5, 0.6) is 0 Å². The first kappa shape index (κ1) is 17.3. The summed E-state index contributed by atoms with van der Waals surface area (Å²) in [7, 11) is 0. The van der Waals surface area contributed by atoms with E-state index in [9.17, 15) is 4.79 Å². The Morgan fingerprint density at radius 3 is 2.35 bits per heavy atom. The number of hydrogen-bond acceptors (Lipinski definition) is 1. The summed E-state index contributed by atoms with van der Waals surface area (Å²) >= 11 is 0.